The molecule has 10 heteroatoms. The largest absolute Gasteiger partial charge is 0.461 e. The van der Waals surface area contributed by atoms with E-state index in [4.69, 9.17) is 26.3 Å². The Kier molecular flexibility index (Phi) is 10.6. The number of ether oxygens (including phenoxy) is 1. The van der Waals surface area contributed by atoms with E-state index >= 15 is 0 Å². The lowest BCUT2D eigenvalue weighted by molar-refractivity contribution is -0.131. The highest BCUT2D eigenvalue weighted by molar-refractivity contribution is 6.31. The molecule has 3 aromatic rings. The van der Waals surface area contributed by atoms with Crippen LogP contribution in [0.5, 0.6) is 6.01 Å². The fourth-order valence-electron chi connectivity index (χ4n) is 6.39. The molecule has 236 valence electrons. The van der Waals surface area contributed by atoms with Crippen LogP contribution in [-0.4, -0.2) is 66.1 Å². The van der Waals surface area contributed by atoms with Gasteiger partial charge in [0.2, 0.25) is 0 Å². The Morgan fingerprint density at radius 2 is 1.89 bits per heavy atom. The minimum Gasteiger partial charge on any atom is -0.461 e. The number of para-hydroxylation sites is 1. The van der Waals surface area contributed by atoms with Crippen LogP contribution >= 0.6 is 11.6 Å². The molecule has 0 bridgehead atoms. The molecule has 1 saturated heterocycles. The van der Waals surface area contributed by atoms with Crippen LogP contribution in [0, 0.1) is 11.3 Å². The number of fused-ring (bicyclic) bond motifs is 1. The highest BCUT2D eigenvalue weighted by atomic mass is 35.5. The summed E-state index contributed by atoms with van der Waals surface area (Å²) < 4.78 is 20.2. The summed E-state index contributed by atoms with van der Waals surface area (Å²) in [7, 11) is 2.08. The molecular weight excluding hydrogens is 591 g/mol. The third-order valence-electron chi connectivity index (χ3n) is 8.75. The number of likely N-dealkylation sites (N-methyl/N-ethyl adjacent to an activating group) is 1. The molecule has 0 N–H and O–H groups in total. The Labute approximate surface area is 270 Å². The number of aromatic nitrogens is 2. The first-order valence-corrected chi connectivity index (χ1v) is 16.0. The fraction of sp³-hybridized carbons (Fsp3) is 0.429. The van der Waals surface area contributed by atoms with Crippen molar-refractivity contribution in [3.8, 4) is 12.1 Å². The second-order valence-corrected chi connectivity index (χ2v) is 12.1. The quantitative estimate of drug-likeness (QED) is 0.223. The molecule has 45 heavy (non-hydrogen) atoms. The molecule has 2 atom stereocenters. The average Bonchev–Trinajstić information content (AvgIpc) is 3.36. The van der Waals surface area contributed by atoms with E-state index in [1.807, 2.05) is 30.3 Å². The molecule has 0 spiro atoms. The monoisotopic (exact) mass is 630 g/mol. The van der Waals surface area contributed by atoms with Crippen molar-refractivity contribution < 1.29 is 13.9 Å². The number of carbonyl (C=O) groups is 1. The first-order valence-electron chi connectivity index (χ1n) is 15.6. The predicted molar refractivity (Wildman–Crippen MR) is 176 cm³/mol. The van der Waals surface area contributed by atoms with Crippen LogP contribution in [0.25, 0.3) is 0 Å². The van der Waals surface area contributed by atoms with Crippen molar-refractivity contribution in [1.82, 2.24) is 14.9 Å². The molecule has 2 aliphatic rings. The van der Waals surface area contributed by atoms with Gasteiger partial charge >= 0.3 is 6.01 Å². The smallest absolute Gasteiger partial charge is 0.318 e. The van der Waals surface area contributed by atoms with Gasteiger partial charge in [0.1, 0.15) is 12.4 Å². The Morgan fingerprint density at radius 3 is 2.62 bits per heavy atom. The van der Waals surface area contributed by atoms with Crippen molar-refractivity contribution >= 4 is 29.0 Å². The lowest BCUT2D eigenvalue weighted by Crippen LogP contribution is -2.55. The molecule has 3 heterocycles. The molecule has 2 aromatic carbocycles. The van der Waals surface area contributed by atoms with E-state index in [9.17, 15) is 14.4 Å². The number of aryl methyl sites for hydroxylation is 2. The molecule has 8 nitrogen and oxygen atoms in total. The highest BCUT2D eigenvalue weighted by Crippen LogP contribution is 2.32. The number of rotatable bonds is 12. The van der Waals surface area contributed by atoms with Crippen molar-refractivity contribution in [2.45, 2.75) is 64.0 Å². The summed E-state index contributed by atoms with van der Waals surface area (Å²) in [5.74, 6) is -1.03. The molecule has 0 saturated carbocycles. The summed E-state index contributed by atoms with van der Waals surface area (Å²) >= 11 is 6.44. The van der Waals surface area contributed by atoms with E-state index in [1.54, 1.807) is 0 Å². The van der Waals surface area contributed by atoms with Crippen LogP contribution in [0.4, 0.5) is 15.9 Å². The summed E-state index contributed by atoms with van der Waals surface area (Å²) in [5.41, 5.74) is 5.57. The molecule has 2 aliphatic heterocycles. The zero-order valence-corrected chi connectivity index (χ0v) is 26.8. The number of nitrogens with zero attached hydrogens (tertiary/aromatic N) is 6. The lowest BCUT2D eigenvalue weighted by atomic mass is 10.0. The molecular formula is C35H40ClFN6O2. The predicted octanol–water partition coefficient (Wildman–Crippen LogP) is 6.11. The maximum atomic E-state index is 13.8. The molecule has 1 fully saturated rings. The van der Waals surface area contributed by atoms with Gasteiger partial charge in [0, 0.05) is 43.0 Å². The van der Waals surface area contributed by atoms with Gasteiger partial charge in [-0.1, -0.05) is 67.9 Å². The van der Waals surface area contributed by atoms with Gasteiger partial charge in [-0.05, 0) is 55.4 Å². The van der Waals surface area contributed by atoms with Crippen LogP contribution in [-0.2, 0) is 30.5 Å². The normalized spacial score (nSPS) is 17.6. The summed E-state index contributed by atoms with van der Waals surface area (Å²) in [6.07, 6.45) is 4.97. The third-order valence-corrected chi connectivity index (χ3v) is 9.12. The Balaban J connectivity index is 1.43. The van der Waals surface area contributed by atoms with Crippen molar-refractivity contribution in [2.75, 3.05) is 43.1 Å². The Bertz CT molecular complexity index is 1580. The summed E-state index contributed by atoms with van der Waals surface area (Å²) in [5, 5.41) is 10.3. The zero-order chi connectivity index (χ0) is 31.9. The zero-order valence-electron chi connectivity index (χ0n) is 26.0. The van der Waals surface area contributed by atoms with E-state index in [1.165, 1.54) is 16.2 Å². The van der Waals surface area contributed by atoms with Gasteiger partial charge in [0.05, 0.1) is 30.3 Å². The molecule has 1 aromatic heterocycles. The van der Waals surface area contributed by atoms with E-state index in [2.05, 4.69) is 54.6 Å². The number of hydrogen-bond acceptors (Lipinski definition) is 7. The van der Waals surface area contributed by atoms with Crippen molar-refractivity contribution in [1.29, 1.82) is 5.26 Å². The van der Waals surface area contributed by atoms with Crippen LogP contribution in [0.2, 0.25) is 5.02 Å². The maximum Gasteiger partial charge on any atom is 0.318 e. The second-order valence-electron chi connectivity index (χ2n) is 11.7. The summed E-state index contributed by atoms with van der Waals surface area (Å²) in [6.45, 7) is 6.78. The van der Waals surface area contributed by atoms with E-state index in [0.29, 0.717) is 32.1 Å². The van der Waals surface area contributed by atoms with Crippen LogP contribution in [0.15, 0.2) is 60.9 Å². The molecule has 1 amide bonds. The first kappa shape index (κ1) is 32.2. The maximum absolute atomic E-state index is 13.8. The van der Waals surface area contributed by atoms with Gasteiger partial charge in [-0.2, -0.15) is 15.2 Å². The Morgan fingerprint density at radius 1 is 1.11 bits per heavy atom. The number of benzene rings is 2. The van der Waals surface area contributed by atoms with Gasteiger partial charge in [-0.25, -0.2) is 4.39 Å². The number of anilines is 2. The van der Waals surface area contributed by atoms with Gasteiger partial charge < -0.3 is 19.4 Å². The molecule has 0 radical (unpaired) electrons. The van der Waals surface area contributed by atoms with Gasteiger partial charge in [-0.3, -0.25) is 4.79 Å². The summed E-state index contributed by atoms with van der Waals surface area (Å²) in [4.78, 5) is 28.2. The molecule has 0 aliphatic carbocycles. The van der Waals surface area contributed by atoms with Gasteiger partial charge in [-0.15, -0.1) is 0 Å². The van der Waals surface area contributed by atoms with Crippen LogP contribution < -0.4 is 14.5 Å². The minimum absolute atomic E-state index is 0.0757. The number of nitriles is 1. The van der Waals surface area contributed by atoms with Gasteiger partial charge in [0.25, 0.3) is 5.91 Å². The van der Waals surface area contributed by atoms with Crippen molar-refractivity contribution in [3.63, 3.8) is 0 Å². The number of halogens is 2. The molecule has 5 rings (SSSR count). The molecule has 2 unspecified atom stereocenters. The SMILES string of the molecule is C=C(F)C(=O)N1CCN(c2nc(OCC3Cc4ccccc4N3C)nc(CCCc3ccccc3Cl)c2CCC)CC1CC#N. The number of carbonyl (C=O) groups excluding carboxylic acids is 1. The summed E-state index contributed by atoms with van der Waals surface area (Å²) in [6, 6.07) is 18.4. The minimum atomic E-state index is -1.02. The Hall–Kier alpha value is -4.16. The lowest BCUT2D eigenvalue weighted by Gasteiger charge is -2.41. The number of amides is 1. The highest BCUT2D eigenvalue weighted by Gasteiger charge is 2.34. The number of piperazine rings is 1. The van der Waals surface area contributed by atoms with Crippen molar-refractivity contribution in [3.05, 3.63) is 88.3 Å². The topological polar surface area (TPSA) is 85.6 Å². The van der Waals surface area contributed by atoms with Crippen LogP contribution in [0.3, 0.4) is 0 Å². The average molecular weight is 631 g/mol. The number of hydrogen-bond donors (Lipinski definition) is 0. The van der Waals surface area contributed by atoms with E-state index in [-0.39, 0.29) is 19.0 Å². The van der Waals surface area contributed by atoms with E-state index < -0.39 is 17.8 Å². The second kappa shape index (κ2) is 14.7. The fourth-order valence-corrected chi connectivity index (χ4v) is 6.62. The van der Waals surface area contributed by atoms with Crippen LogP contribution in [0.1, 0.15) is 48.6 Å². The van der Waals surface area contributed by atoms with E-state index in [0.717, 1.165) is 59.8 Å². The first-order chi connectivity index (χ1) is 21.8. The van der Waals surface area contributed by atoms with Crippen molar-refractivity contribution in [2.24, 2.45) is 0 Å². The van der Waals surface area contributed by atoms with Gasteiger partial charge in [0.15, 0.2) is 5.83 Å². The standard InChI is InChI=1S/C35H40ClFN6O2/c1-4-10-29-31(15-9-13-25-11-5-7-14-30(25)36)39-35(45-23-28-21-26-12-6-8-16-32(26)41(28)3)40-33(29)42-19-20-43(34(44)24(2)37)27(22-42)17-18-38/h5-8,11-12,14,16,27-28H,2,4,9-10,13,15,17,19-23H2,1,3H3. The third kappa shape index (κ3) is 7.39.